The maximum absolute atomic E-state index is 12.5. The third kappa shape index (κ3) is 5.36. The first-order valence-corrected chi connectivity index (χ1v) is 9.79. The van der Waals surface area contributed by atoms with Gasteiger partial charge in [-0.3, -0.25) is 9.59 Å². The molecule has 0 spiro atoms. The Hall–Kier alpha value is -3.93. The maximum atomic E-state index is 12.5. The van der Waals surface area contributed by atoms with Crippen LogP contribution in [0.25, 0.3) is 0 Å². The van der Waals surface area contributed by atoms with E-state index in [1.807, 2.05) is 12.1 Å². The fourth-order valence-electron chi connectivity index (χ4n) is 2.99. The number of benzene rings is 3. The van der Waals surface area contributed by atoms with Gasteiger partial charge < -0.3 is 20.5 Å². The normalized spacial score (nSPS) is 10.9. The minimum absolute atomic E-state index is 0.00685. The predicted molar refractivity (Wildman–Crippen MR) is 118 cm³/mol. The summed E-state index contributed by atoms with van der Waals surface area (Å²) in [6.07, 6.45) is 0. The molecule has 0 bridgehead atoms. The van der Waals surface area contributed by atoms with Crippen LogP contribution in [0.1, 0.15) is 57.4 Å². The maximum Gasteiger partial charge on any atom is 0.255 e. The molecule has 0 unspecified atom stereocenters. The number of carboxylic acids is 1. The van der Waals surface area contributed by atoms with E-state index in [-0.39, 0.29) is 22.6 Å². The SMILES string of the molecule is CC(C)(C)c1ccc(C(=O)Nc2ccc(C(=O)Nc3ccccc3C(=O)[O-])cc2)cc1. The highest BCUT2D eigenvalue weighted by molar-refractivity contribution is 6.08. The Morgan fingerprint density at radius 2 is 1.23 bits per heavy atom. The van der Waals surface area contributed by atoms with Crippen LogP contribution in [0, 0.1) is 0 Å². The Labute approximate surface area is 180 Å². The lowest BCUT2D eigenvalue weighted by Gasteiger charge is -2.19. The largest absolute Gasteiger partial charge is 0.545 e. The first-order chi connectivity index (χ1) is 14.6. The molecule has 2 N–H and O–H groups in total. The van der Waals surface area contributed by atoms with Crippen LogP contribution in [0.4, 0.5) is 11.4 Å². The summed E-state index contributed by atoms with van der Waals surface area (Å²) in [6, 6.07) is 19.8. The van der Waals surface area contributed by atoms with Crippen LogP contribution < -0.4 is 15.7 Å². The number of hydrogen-bond donors (Lipinski definition) is 2. The molecule has 3 aromatic carbocycles. The Morgan fingerprint density at radius 3 is 1.77 bits per heavy atom. The number of nitrogens with one attached hydrogen (secondary N) is 2. The summed E-state index contributed by atoms with van der Waals surface area (Å²) in [5.74, 6) is -2.09. The molecule has 6 nitrogen and oxygen atoms in total. The fourth-order valence-corrected chi connectivity index (χ4v) is 2.99. The first-order valence-electron chi connectivity index (χ1n) is 9.79. The molecule has 6 heteroatoms. The second-order valence-electron chi connectivity index (χ2n) is 8.15. The van der Waals surface area contributed by atoms with Crippen LogP contribution in [0.5, 0.6) is 0 Å². The van der Waals surface area contributed by atoms with Gasteiger partial charge in [0, 0.05) is 22.4 Å². The van der Waals surface area contributed by atoms with Gasteiger partial charge in [-0.1, -0.05) is 51.1 Å². The number of carboxylic acid groups (broad SMARTS) is 1. The van der Waals surface area contributed by atoms with Crippen LogP contribution in [0.2, 0.25) is 0 Å². The van der Waals surface area contributed by atoms with Gasteiger partial charge in [-0.25, -0.2) is 0 Å². The van der Waals surface area contributed by atoms with Gasteiger partial charge in [-0.05, 0) is 53.4 Å². The van der Waals surface area contributed by atoms with Gasteiger partial charge in [0.15, 0.2) is 0 Å². The van der Waals surface area contributed by atoms with E-state index in [0.717, 1.165) is 5.56 Å². The zero-order valence-corrected chi connectivity index (χ0v) is 17.6. The molecule has 3 aromatic rings. The molecule has 0 radical (unpaired) electrons. The Morgan fingerprint density at radius 1 is 0.710 bits per heavy atom. The molecule has 2 amide bonds. The summed E-state index contributed by atoms with van der Waals surface area (Å²) >= 11 is 0. The number of anilines is 2. The van der Waals surface area contributed by atoms with Crippen LogP contribution in [0.3, 0.4) is 0 Å². The molecular weight excluding hydrogens is 392 g/mol. The highest BCUT2D eigenvalue weighted by atomic mass is 16.4. The molecule has 0 atom stereocenters. The summed E-state index contributed by atoms with van der Waals surface area (Å²) in [4.78, 5) is 36.1. The van der Waals surface area contributed by atoms with Gasteiger partial charge in [0.25, 0.3) is 11.8 Å². The van der Waals surface area contributed by atoms with Crippen molar-refractivity contribution >= 4 is 29.2 Å². The Bertz CT molecular complexity index is 1110. The lowest BCUT2D eigenvalue weighted by molar-refractivity contribution is -0.254. The van der Waals surface area contributed by atoms with Crippen molar-refractivity contribution in [2.75, 3.05) is 10.6 Å². The van der Waals surface area contributed by atoms with Crippen molar-refractivity contribution in [1.29, 1.82) is 0 Å². The topological polar surface area (TPSA) is 98.3 Å². The second kappa shape index (κ2) is 8.83. The Kier molecular flexibility index (Phi) is 6.20. The zero-order chi connectivity index (χ0) is 22.6. The molecule has 0 saturated heterocycles. The molecule has 0 aliphatic heterocycles. The standard InChI is InChI=1S/C25H24N2O4/c1-25(2,3)18-12-8-16(9-13-18)22(28)26-19-14-10-17(11-15-19)23(29)27-21-7-5-4-6-20(21)24(30)31/h4-15H,1-3H3,(H,26,28)(H,27,29)(H,30,31)/p-1. The fraction of sp³-hybridized carbons (Fsp3) is 0.160. The monoisotopic (exact) mass is 415 g/mol. The van der Waals surface area contributed by atoms with E-state index in [4.69, 9.17) is 0 Å². The van der Waals surface area contributed by atoms with E-state index >= 15 is 0 Å². The average Bonchev–Trinajstić information content (AvgIpc) is 2.74. The van der Waals surface area contributed by atoms with Crippen molar-refractivity contribution in [2.24, 2.45) is 0 Å². The van der Waals surface area contributed by atoms with Crippen molar-refractivity contribution < 1.29 is 19.5 Å². The van der Waals surface area contributed by atoms with Crippen LogP contribution in [-0.4, -0.2) is 17.8 Å². The van der Waals surface area contributed by atoms with Gasteiger partial charge in [-0.2, -0.15) is 0 Å². The van der Waals surface area contributed by atoms with Crippen LogP contribution >= 0.6 is 0 Å². The molecular formula is C25H23N2O4-. The summed E-state index contributed by atoms with van der Waals surface area (Å²) in [7, 11) is 0. The molecule has 0 aromatic heterocycles. The molecule has 0 fully saturated rings. The number of rotatable bonds is 5. The van der Waals surface area contributed by atoms with Crippen molar-refractivity contribution in [3.05, 3.63) is 95.1 Å². The number of carbonyl (C=O) groups is 3. The van der Waals surface area contributed by atoms with Crippen molar-refractivity contribution in [3.8, 4) is 0 Å². The molecule has 31 heavy (non-hydrogen) atoms. The van der Waals surface area contributed by atoms with E-state index in [1.165, 1.54) is 12.1 Å². The quantitative estimate of drug-likeness (QED) is 0.661. The minimum Gasteiger partial charge on any atom is -0.545 e. The van der Waals surface area contributed by atoms with E-state index in [0.29, 0.717) is 16.8 Å². The minimum atomic E-state index is -1.37. The molecule has 0 saturated carbocycles. The molecule has 3 rings (SSSR count). The average molecular weight is 415 g/mol. The van der Waals surface area contributed by atoms with E-state index in [2.05, 4.69) is 31.4 Å². The Balaban J connectivity index is 1.67. The third-order valence-electron chi connectivity index (χ3n) is 4.81. The summed E-state index contributed by atoms with van der Waals surface area (Å²) < 4.78 is 0. The highest BCUT2D eigenvalue weighted by Crippen LogP contribution is 2.22. The van der Waals surface area contributed by atoms with Gasteiger partial charge >= 0.3 is 0 Å². The lowest BCUT2D eigenvalue weighted by atomic mass is 9.87. The van der Waals surface area contributed by atoms with Gasteiger partial charge in [0.2, 0.25) is 0 Å². The summed E-state index contributed by atoms with van der Waals surface area (Å²) in [5.41, 5.74) is 2.60. The van der Waals surface area contributed by atoms with Crippen molar-refractivity contribution in [2.45, 2.75) is 26.2 Å². The predicted octanol–water partition coefficient (Wildman–Crippen LogP) is 3.85. The van der Waals surface area contributed by atoms with Gasteiger partial charge in [0.1, 0.15) is 0 Å². The molecule has 0 aliphatic rings. The number of carbonyl (C=O) groups excluding carboxylic acids is 3. The number of aromatic carboxylic acids is 1. The number of hydrogen-bond acceptors (Lipinski definition) is 4. The van der Waals surface area contributed by atoms with E-state index in [9.17, 15) is 19.5 Å². The molecule has 0 heterocycles. The number of amides is 2. The van der Waals surface area contributed by atoms with E-state index in [1.54, 1.807) is 48.5 Å². The van der Waals surface area contributed by atoms with Crippen LogP contribution in [0.15, 0.2) is 72.8 Å². The first kappa shape index (κ1) is 21.8. The third-order valence-corrected chi connectivity index (χ3v) is 4.81. The molecule has 158 valence electrons. The van der Waals surface area contributed by atoms with Crippen molar-refractivity contribution in [3.63, 3.8) is 0 Å². The second-order valence-corrected chi connectivity index (χ2v) is 8.15. The van der Waals surface area contributed by atoms with E-state index < -0.39 is 11.9 Å². The lowest BCUT2D eigenvalue weighted by Crippen LogP contribution is -2.24. The summed E-state index contributed by atoms with van der Waals surface area (Å²) in [5, 5.41) is 16.5. The number of para-hydroxylation sites is 1. The van der Waals surface area contributed by atoms with Crippen molar-refractivity contribution in [1.82, 2.24) is 0 Å². The van der Waals surface area contributed by atoms with Gasteiger partial charge in [0.05, 0.1) is 11.7 Å². The summed E-state index contributed by atoms with van der Waals surface area (Å²) in [6.45, 7) is 6.32. The smallest absolute Gasteiger partial charge is 0.255 e. The zero-order valence-electron chi connectivity index (χ0n) is 17.6. The highest BCUT2D eigenvalue weighted by Gasteiger charge is 2.15. The molecule has 0 aliphatic carbocycles. The van der Waals surface area contributed by atoms with Gasteiger partial charge in [-0.15, -0.1) is 0 Å². The van der Waals surface area contributed by atoms with Crippen LogP contribution in [-0.2, 0) is 5.41 Å².